The summed E-state index contributed by atoms with van der Waals surface area (Å²) in [4.78, 5) is 0. The molecule has 0 saturated carbocycles. The molecule has 0 unspecified atom stereocenters. The molecule has 0 aliphatic carbocycles. The molecule has 21 heavy (non-hydrogen) atoms. The van der Waals surface area contributed by atoms with E-state index in [9.17, 15) is 20.4 Å². The number of halogens is 2. The van der Waals surface area contributed by atoms with E-state index in [2.05, 4.69) is 0 Å². The summed E-state index contributed by atoms with van der Waals surface area (Å²) >= 11 is 11.8. The molecular formula is C15H14Cl2O4. The number of benzene rings is 2. The average molecular weight is 329 g/mol. The quantitative estimate of drug-likeness (QED) is 0.667. The minimum Gasteiger partial charge on any atom is -0.507 e. The fraction of sp³-hybridized carbons (Fsp3) is 0.200. The third-order valence-corrected chi connectivity index (χ3v) is 4.08. The molecule has 0 saturated heterocycles. The van der Waals surface area contributed by atoms with E-state index in [4.69, 9.17) is 23.2 Å². The zero-order valence-corrected chi connectivity index (χ0v) is 12.9. The third kappa shape index (κ3) is 2.69. The van der Waals surface area contributed by atoms with E-state index in [0.717, 1.165) is 12.1 Å². The molecule has 2 aromatic rings. The van der Waals surface area contributed by atoms with E-state index >= 15 is 0 Å². The van der Waals surface area contributed by atoms with Crippen molar-refractivity contribution >= 4 is 23.2 Å². The molecule has 0 amide bonds. The van der Waals surface area contributed by atoms with Crippen LogP contribution in [0.4, 0.5) is 0 Å². The summed E-state index contributed by atoms with van der Waals surface area (Å²) in [5.41, 5.74) is -0.0484. The van der Waals surface area contributed by atoms with Gasteiger partial charge in [0, 0.05) is 28.7 Å². The topological polar surface area (TPSA) is 80.9 Å². The number of phenolic OH excluding ortho intramolecular Hbond substituents is 4. The first-order valence-corrected chi connectivity index (χ1v) is 6.84. The van der Waals surface area contributed by atoms with Crippen LogP contribution in [0, 0.1) is 0 Å². The molecule has 112 valence electrons. The molecule has 4 nitrogen and oxygen atoms in total. The van der Waals surface area contributed by atoms with E-state index in [1.807, 2.05) is 0 Å². The first-order valence-electron chi connectivity index (χ1n) is 6.08. The Morgan fingerprint density at radius 2 is 1.00 bits per heavy atom. The summed E-state index contributed by atoms with van der Waals surface area (Å²) in [5, 5.41) is 39.3. The number of aromatic hydroxyl groups is 4. The number of hydrogen-bond acceptors (Lipinski definition) is 4. The number of rotatable bonds is 2. The molecule has 2 aromatic carbocycles. The summed E-state index contributed by atoms with van der Waals surface area (Å²) in [6, 6.07) is 5.12. The van der Waals surface area contributed by atoms with Crippen molar-refractivity contribution in [2.75, 3.05) is 0 Å². The van der Waals surface area contributed by atoms with Crippen molar-refractivity contribution < 1.29 is 20.4 Å². The Kier molecular flexibility index (Phi) is 3.87. The molecule has 4 N–H and O–H groups in total. The average Bonchev–Trinajstić information content (AvgIpc) is 2.37. The second-order valence-electron chi connectivity index (χ2n) is 5.27. The van der Waals surface area contributed by atoms with E-state index in [-0.39, 0.29) is 33.0 Å². The molecule has 0 aromatic heterocycles. The minimum absolute atomic E-state index is 0.0836. The molecule has 0 fully saturated rings. The molecule has 0 atom stereocenters. The van der Waals surface area contributed by atoms with E-state index in [1.165, 1.54) is 12.1 Å². The Morgan fingerprint density at radius 1 is 0.667 bits per heavy atom. The summed E-state index contributed by atoms with van der Waals surface area (Å²) < 4.78 is 0. The van der Waals surface area contributed by atoms with Crippen LogP contribution in [0.5, 0.6) is 23.0 Å². The summed E-state index contributed by atoms with van der Waals surface area (Å²) in [7, 11) is 0. The summed E-state index contributed by atoms with van der Waals surface area (Å²) in [6.07, 6.45) is 0. The largest absolute Gasteiger partial charge is 0.507 e. The van der Waals surface area contributed by atoms with Gasteiger partial charge in [0.05, 0.1) is 10.0 Å². The van der Waals surface area contributed by atoms with Crippen LogP contribution < -0.4 is 0 Å². The molecule has 0 spiro atoms. The number of hydrogen-bond donors (Lipinski definition) is 4. The van der Waals surface area contributed by atoms with E-state index in [1.54, 1.807) is 13.8 Å². The molecule has 0 radical (unpaired) electrons. The Morgan fingerprint density at radius 3 is 1.33 bits per heavy atom. The van der Waals surface area contributed by atoms with Gasteiger partial charge >= 0.3 is 0 Å². The Labute approximate surface area is 131 Å². The SMILES string of the molecule is CC(C)(c1cc(Cl)c(O)cc1O)c1cc(Cl)c(O)cc1O. The van der Waals surface area contributed by atoms with E-state index in [0.29, 0.717) is 11.1 Å². The normalized spacial score (nSPS) is 11.6. The maximum absolute atomic E-state index is 10.0. The number of phenols is 4. The molecule has 6 heteroatoms. The van der Waals surface area contributed by atoms with Gasteiger partial charge in [-0.3, -0.25) is 0 Å². The third-order valence-electron chi connectivity index (χ3n) is 3.48. The summed E-state index contributed by atoms with van der Waals surface area (Å²) in [6.45, 7) is 3.50. The van der Waals surface area contributed by atoms with Gasteiger partial charge in [-0.1, -0.05) is 37.0 Å². The van der Waals surface area contributed by atoms with Gasteiger partial charge in [-0.25, -0.2) is 0 Å². The van der Waals surface area contributed by atoms with Crippen LogP contribution in [0.3, 0.4) is 0 Å². The van der Waals surface area contributed by atoms with Crippen LogP contribution in [0.2, 0.25) is 10.0 Å². The van der Waals surface area contributed by atoms with Gasteiger partial charge in [0.1, 0.15) is 23.0 Å². The van der Waals surface area contributed by atoms with Crippen LogP contribution in [0.1, 0.15) is 25.0 Å². The van der Waals surface area contributed by atoms with Crippen LogP contribution >= 0.6 is 23.2 Å². The second-order valence-corrected chi connectivity index (χ2v) is 6.08. The van der Waals surface area contributed by atoms with Crippen molar-refractivity contribution in [2.45, 2.75) is 19.3 Å². The van der Waals surface area contributed by atoms with Crippen molar-refractivity contribution in [2.24, 2.45) is 0 Å². The lowest BCUT2D eigenvalue weighted by molar-refractivity contribution is 0.422. The highest BCUT2D eigenvalue weighted by Crippen LogP contribution is 2.45. The van der Waals surface area contributed by atoms with Crippen molar-refractivity contribution in [3.8, 4) is 23.0 Å². The lowest BCUT2D eigenvalue weighted by atomic mass is 9.77. The predicted molar refractivity (Wildman–Crippen MR) is 81.7 cm³/mol. The minimum atomic E-state index is -0.858. The smallest absolute Gasteiger partial charge is 0.137 e. The van der Waals surface area contributed by atoms with Crippen molar-refractivity contribution in [3.05, 3.63) is 45.4 Å². The summed E-state index contributed by atoms with van der Waals surface area (Å²) in [5.74, 6) is -0.792. The molecule has 0 heterocycles. The van der Waals surface area contributed by atoms with Crippen molar-refractivity contribution in [1.82, 2.24) is 0 Å². The van der Waals surface area contributed by atoms with Crippen LogP contribution in [-0.4, -0.2) is 20.4 Å². The Bertz CT molecular complexity index is 652. The van der Waals surface area contributed by atoms with Gasteiger partial charge in [0.15, 0.2) is 0 Å². The van der Waals surface area contributed by atoms with Gasteiger partial charge < -0.3 is 20.4 Å². The van der Waals surface area contributed by atoms with Gasteiger partial charge in [-0.15, -0.1) is 0 Å². The monoisotopic (exact) mass is 328 g/mol. The molecule has 0 bridgehead atoms. The lowest BCUT2D eigenvalue weighted by Crippen LogP contribution is -2.19. The molecule has 0 aliphatic heterocycles. The zero-order chi connectivity index (χ0) is 15.9. The Balaban J connectivity index is 2.67. The maximum Gasteiger partial charge on any atom is 0.137 e. The lowest BCUT2D eigenvalue weighted by Gasteiger charge is -2.28. The second kappa shape index (κ2) is 5.20. The highest BCUT2D eigenvalue weighted by atomic mass is 35.5. The Hall–Kier alpha value is -1.78. The molecule has 0 aliphatic rings. The first kappa shape index (κ1) is 15.6. The van der Waals surface area contributed by atoms with Crippen LogP contribution in [-0.2, 0) is 5.41 Å². The predicted octanol–water partition coefficient (Wildman–Crippen LogP) is 4.14. The van der Waals surface area contributed by atoms with Crippen molar-refractivity contribution in [1.29, 1.82) is 0 Å². The molecule has 2 rings (SSSR count). The first-order chi connectivity index (χ1) is 9.64. The van der Waals surface area contributed by atoms with Gasteiger partial charge in [-0.2, -0.15) is 0 Å². The zero-order valence-electron chi connectivity index (χ0n) is 11.4. The van der Waals surface area contributed by atoms with Crippen molar-refractivity contribution in [3.63, 3.8) is 0 Å². The fourth-order valence-corrected chi connectivity index (χ4v) is 2.58. The maximum atomic E-state index is 10.0. The molecular weight excluding hydrogens is 315 g/mol. The highest BCUT2D eigenvalue weighted by molar-refractivity contribution is 6.32. The standard InChI is InChI=1S/C15H14Cl2O4/c1-15(2,7-3-9(16)13(20)5-11(7)18)8-4-10(17)14(21)6-12(8)19/h3-6,18-21H,1-2H3. The van der Waals surface area contributed by atoms with Crippen LogP contribution in [0.15, 0.2) is 24.3 Å². The fourth-order valence-electron chi connectivity index (χ4n) is 2.25. The van der Waals surface area contributed by atoms with Crippen LogP contribution in [0.25, 0.3) is 0 Å². The highest BCUT2D eigenvalue weighted by Gasteiger charge is 2.30. The van der Waals surface area contributed by atoms with Gasteiger partial charge in [0.25, 0.3) is 0 Å². The van der Waals surface area contributed by atoms with E-state index < -0.39 is 5.41 Å². The van der Waals surface area contributed by atoms with Gasteiger partial charge in [-0.05, 0) is 12.1 Å². The van der Waals surface area contributed by atoms with Gasteiger partial charge in [0.2, 0.25) is 0 Å².